The van der Waals surface area contributed by atoms with E-state index in [1.165, 1.54) is 11.3 Å². The highest BCUT2D eigenvalue weighted by atomic mass is 32.1. The van der Waals surface area contributed by atoms with Crippen molar-refractivity contribution in [2.24, 2.45) is 0 Å². The average molecular weight is 380 g/mol. The van der Waals surface area contributed by atoms with E-state index < -0.39 is 0 Å². The second-order valence-corrected chi connectivity index (χ2v) is 7.11. The third-order valence-corrected chi connectivity index (χ3v) is 5.55. The van der Waals surface area contributed by atoms with E-state index in [0.717, 1.165) is 35.1 Å². The molecule has 1 saturated heterocycles. The molecule has 1 amide bonds. The number of benzene rings is 1. The van der Waals surface area contributed by atoms with Crippen molar-refractivity contribution in [1.82, 2.24) is 14.9 Å². The maximum Gasteiger partial charge on any atom is 0.273 e. The number of carbonyl (C=O) groups excluding carboxylic acids is 1. The summed E-state index contributed by atoms with van der Waals surface area (Å²) in [5, 5.41) is 2.69. The molecule has 3 aromatic rings. The van der Waals surface area contributed by atoms with E-state index in [-0.39, 0.29) is 5.91 Å². The molecule has 0 aliphatic carbocycles. The van der Waals surface area contributed by atoms with Crippen LogP contribution in [-0.4, -0.2) is 54.1 Å². The van der Waals surface area contributed by atoms with Gasteiger partial charge < -0.3 is 14.5 Å². The van der Waals surface area contributed by atoms with Gasteiger partial charge in [-0.1, -0.05) is 0 Å². The molecule has 0 unspecified atom stereocenters. The fraction of sp³-hybridized carbons (Fsp3) is 0.250. The lowest BCUT2D eigenvalue weighted by atomic mass is 10.2. The molecule has 4 rings (SSSR count). The van der Waals surface area contributed by atoms with Crippen molar-refractivity contribution < 1.29 is 9.53 Å². The number of piperazine rings is 1. The van der Waals surface area contributed by atoms with Gasteiger partial charge in [0.1, 0.15) is 16.5 Å². The summed E-state index contributed by atoms with van der Waals surface area (Å²) in [6.07, 6.45) is 3.47. The number of methoxy groups -OCH3 is 1. The highest BCUT2D eigenvalue weighted by molar-refractivity contribution is 7.13. The highest BCUT2D eigenvalue weighted by Crippen LogP contribution is 2.24. The van der Waals surface area contributed by atoms with Crippen LogP contribution in [0, 0.1) is 0 Å². The molecular weight excluding hydrogens is 360 g/mol. The molecule has 7 heteroatoms. The lowest BCUT2D eigenvalue weighted by Crippen LogP contribution is -2.48. The van der Waals surface area contributed by atoms with Crippen molar-refractivity contribution in [2.45, 2.75) is 0 Å². The quantitative estimate of drug-likeness (QED) is 0.696. The Hall–Kier alpha value is -2.93. The fourth-order valence-corrected chi connectivity index (χ4v) is 3.92. The van der Waals surface area contributed by atoms with Crippen LogP contribution in [0.2, 0.25) is 0 Å². The number of carbonyl (C=O) groups is 1. The first kappa shape index (κ1) is 17.5. The Morgan fingerprint density at radius 2 is 1.74 bits per heavy atom. The number of anilines is 1. The molecule has 27 heavy (non-hydrogen) atoms. The summed E-state index contributed by atoms with van der Waals surface area (Å²) in [6.45, 7) is 2.98. The summed E-state index contributed by atoms with van der Waals surface area (Å²) in [5.41, 5.74) is 2.65. The SMILES string of the molecule is COc1ccc(N2CCN(C(=O)c3csc(-c4ccncc4)n3)CC2)cc1. The maximum absolute atomic E-state index is 12.8. The molecule has 6 nitrogen and oxygen atoms in total. The first-order valence-corrected chi connectivity index (χ1v) is 9.67. The lowest BCUT2D eigenvalue weighted by molar-refractivity contribution is 0.0742. The molecule has 1 aromatic carbocycles. The summed E-state index contributed by atoms with van der Waals surface area (Å²) in [4.78, 5) is 25.5. The minimum Gasteiger partial charge on any atom is -0.497 e. The molecular formula is C20H20N4O2S. The lowest BCUT2D eigenvalue weighted by Gasteiger charge is -2.35. The molecule has 1 aliphatic rings. The van der Waals surface area contributed by atoms with Crippen LogP contribution in [0.5, 0.6) is 5.75 Å². The molecule has 0 atom stereocenters. The van der Waals surface area contributed by atoms with E-state index >= 15 is 0 Å². The number of thiazole rings is 1. The minimum absolute atomic E-state index is 0.000868. The van der Waals surface area contributed by atoms with E-state index in [0.29, 0.717) is 18.8 Å². The fourth-order valence-electron chi connectivity index (χ4n) is 3.12. The number of rotatable bonds is 4. The van der Waals surface area contributed by atoms with Gasteiger partial charge in [0.25, 0.3) is 5.91 Å². The summed E-state index contributed by atoms with van der Waals surface area (Å²) in [7, 11) is 1.66. The summed E-state index contributed by atoms with van der Waals surface area (Å²) < 4.78 is 5.21. The van der Waals surface area contributed by atoms with E-state index in [1.807, 2.05) is 34.5 Å². The summed E-state index contributed by atoms with van der Waals surface area (Å²) in [6, 6.07) is 11.8. The Morgan fingerprint density at radius 3 is 2.41 bits per heavy atom. The topological polar surface area (TPSA) is 58.6 Å². The van der Waals surface area contributed by atoms with Crippen LogP contribution >= 0.6 is 11.3 Å². The van der Waals surface area contributed by atoms with Gasteiger partial charge in [-0.15, -0.1) is 11.3 Å². The Kier molecular flexibility index (Phi) is 5.02. The Balaban J connectivity index is 1.39. The van der Waals surface area contributed by atoms with Gasteiger partial charge in [-0.05, 0) is 36.4 Å². The van der Waals surface area contributed by atoms with Gasteiger partial charge in [-0.25, -0.2) is 4.98 Å². The van der Waals surface area contributed by atoms with Gasteiger partial charge in [-0.2, -0.15) is 0 Å². The van der Waals surface area contributed by atoms with Gasteiger partial charge in [0, 0.05) is 55.2 Å². The van der Waals surface area contributed by atoms with Crippen LogP contribution in [0.3, 0.4) is 0 Å². The molecule has 0 spiro atoms. The predicted octanol–water partition coefficient (Wildman–Crippen LogP) is 3.18. The predicted molar refractivity (Wildman–Crippen MR) is 106 cm³/mol. The van der Waals surface area contributed by atoms with Crippen molar-refractivity contribution in [2.75, 3.05) is 38.2 Å². The number of aromatic nitrogens is 2. The Labute approximate surface area is 162 Å². The van der Waals surface area contributed by atoms with Crippen molar-refractivity contribution in [3.8, 4) is 16.3 Å². The van der Waals surface area contributed by atoms with Gasteiger partial charge in [0.2, 0.25) is 0 Å². The second-order valence-electron chi connectivity index (χ2n) is 6.25. The van der Waals surface area contributed by atoms with Gasteiger partial charge in [0.15, 0.2) is 0 Å². The van der Waals surface area contributed by atoms with E-state index in [4.69, 9.17) is 4.74 Å². The van der Waals surface area contributed by atoms with Crippen LogP contribution in [0.15, 0.2) is 54.2 Å². The number of amides is 1. The molecule has 1 aliphatic heterocycles. The second kappa shape index (κ2) is 7.75. The Morgan fingerprint density at radius 1 is 1.04 bits per heavy atom. The third-order valence-electron chi connectivity index (χ3n) is 4.66. The summed E-state index contributed by atoms with van der Waals surface area (Å²) >= 11 is 1.49. The normalized spacial score (nSPS) is 14.3. The van der Waals surface area contributed by atoms with E-state index in [9.17, 15) is 4.79 Å². The largest absolute Gasteiger partial charge is 0.497 e. The van der Waals surface area contributed by atoms with Gasteiger partial charge in [0.05, 0.1) is 7.11 Å². The number of nitrogens with zero attached hydrogens (tertiary/aromatic N) is 4. The van der Waals surface area contributed by atoms with Crippen molar-refractivity contribution in [3.63, 3.8) is 0 Å². The van der Waals surface area contributed by atoms with Crippen LogP contribution in [0.4, 0.5) is 5.69 Å². The average Bonchev–Trinajstić information content (AvgIpc) is 3.24. The molecule has 2 aromatic heterocycles. The van der Waals surface area contributed by atoms with E-state index in [1.54, 1.807) is 19.5 Å². The molecule has 0 N–H and O–H groups in total. The molecule has 3 heterocycles. The number of hydrogen-bond donors (Lipinski definition) is 0. The summed E-state index contributed by atoms with van der Waals surface area (Å²) in [5.74, 6) is 0.849. The first-order chi connectivity index (χ1) is 13.2. The molecule has 138 valence electrons. The van der Waals surface area contributed by atoms with Crippen molar-refractivity contribution in [3.05, 3.63) is 59.9 Å². The maximum atomic E-state index is 12.8. The molecule has 0 saturated carbocycles. The van der Waals surface area contributed by atoms with Crippen LogP contribution in [0.25, 0.3) is 10.6 Å². The zero-order chi connectivity index (χ0) is 18.6. The van der Waals surface area contributed by atoms with Crippen molar-refractivity contribution >= 4 is 22.9 Å². The van der Waals surface area contributed by atoms with Crippen LogP contribution < -0.4 is 9.64 Å². The molecule has 0 bridgehead atoms. The smallest absolute Gasteiger partial charge is 0.273 e. The van der Waals surface area contributed by atoms with Crippen LogP contribution in [0.1, 0.15) is 10.5 Å². The minimum atomic E-state index is 0.000868. The zero-order valence-electron chi connectivity index (χ0n) is 15.0. The number of hydrogen-bond acceptors (Lipinski definition) is 6. The number of pyridine rings is 1. The standard InChI is InChI=1S/C20H20N4O2S/c1-26-17-4-2-16(3-5-17)23-10-12-24(13-11-23)20(25)18-14-27-19(22-18)15-6-8-21-9-7-15/h2-9,14H,10-13H2,1H3. The van der Waals surface area contributed by atoms with Crippen molar-refractivity contribution in [1.29, 1.82) is 0 Å². The molecule has 0 radical (unpaired) electrons. The van der Waals surface area contributed by atoms with Crippen LogP contribution in [-0.2, 0) is 0 Å². The first-order valence-electron chi connectivity index (χ1n) is 8.79. The van der Waals surface area contributed by atoms with Gasteiger partial charge in [-0.3, -0.25) is 9.78 Å². The highest BCUT2D eigenvalue weighted by Gasteiger charge is 2.24. The molecule has 1 fully saturated rings. The van der Waals surface area contributed by atoms with E-state index in [2.05, 4.69) is 27.0 Å². The number of ether oxygens (including phenoxy) is 1. The van der Waals surface area contributed by atoms with Gasteiger partial charge >= 0.3 is 0 Å². The third kappa shape index (κ3) is 3.78. The zero-order valence-corrected chi connectivity index (χ0v) is 15.9. The monoisotopic (exact) mass is 380 g/mol. The Bertz CT molecular complexity index is 903.